The number of rotatable bonds is 6. The van der Waals surface area contributed by atoms with Crippen LogP contribution in [0, 0.1) is 0 Å². The molecular formula is C20H19NO7. The Balaban J connectivity index is 2.24. The van der Waals surface area contributed by atoms with Crippen molar-refractivity contribution in [3.8, 4) is 5.75 Å². The maximum Gasteiger partial charge on any atom is 0.306 e. The molecule has 8 heteroatoms. The Morgan fingerprint density at radius 2 is 1.96 bits per heavy atom. The van der Waals surface area contributed by atoms with Gasteiger partial charge >= 0.3 is 5.97 Å². The van der Waals surface area contributed by atoms with Gasteiger partial charge in [0.15, 0.2) is 5.76 Å². The summed E-state index contributed by atoms with van der Waals surface area (Å²) in [6, 6.07) is 9.82. The van der Waals surface area contributed by atoms with Gasteiger partial charge in [-0.3, -0.25) is 14.4 Å². The zero-order chi connectivity index (χ0) is 20.3. The monoisotopic (exact) mass is 385 g/mol. The number of aromatic nitrogens is 1. The van der Waals surface area contributed by atoms with E-state index in [1.54, 1.807) is 30.3 Å². The van der Waals surface area contributed by atoms with Gasteiger partial charge in [0.25, 0.3) is 5.56 Å². The first kappa shape index (κ1) is 19.4. The van der Waals surface area contributed by atoms with Crippen molar-refractivity contribution in [2.45, 2.75) is 18.9 Å². The Morgan fingerprint density at radius 3 is 2.68 bits per heavy atom. The number of nitrogens with one attached hydrogen (secondary N) is 1. The number of aromatic hydroxyl groups is 1. The molecule has 8 nitrogen and oxygen atoms in total. The quantitative estimate of drug-likeness (QED) is 0.623. The van der Waals surface area contributed by atoms with Crippen molar-refractivity contribution in [1.29, 1.82) is 0 Å². The van der Waals surface area contributed by atoms with Crippen LogP contribution in [0.4, 0.5) is 0 Å². The van der Waals surface area contributed by atoms with Crippen LogP contribution in [0.25, 0.3) is 10.9 Å². The molecule has 1 aromatic carbocycles. The predicted octanol–water partition coefficient (Wildman–Crippen LogP) is 2.03. The first-order valence-corrected chi connectivity index (χ1v) is 8.48. The van der Waals surface area contributed by atoms with Crippen molar-refractivity contribution in [3.63, 3.8) is 0 Å². The highest BCUT2D eigenvalue weighted by atomic mass is 16.5. The first-order valence-electron chi connectivity index (χ1n) is 8.48. The number of hydrogen-bond acceptors (Lipinski definition) is 7. The molecule has 0 saturated carbocycles. The first-order chi connectivity index (χ1) is 13.4. The van der Waals surface area contributed by atoms with Crippen molar-refractivity contribution in [2.75, 3.05) is 14.2 Å². The molecule has 0 amide bonds. The van der Waals surface area contributed by atoms with Crippen LogP contribution in [0.5, 0.6) is 5.75 Å². The minimum Gasteiger partial charge on any atom is -0.502 e. The Bertz CT molecular complexity index is 1130. The van der Waals surface area contributed by atoms with E-state index in [4.69, 9.17) is 13.9 Å². The highest BCUT2D eigenvalue weighted by molar-refractivity contribution is 5.79. The van der Waals surface area contributed by atoms with Gasteiger partial charge in [-0.25, -0.2) is 0 Å². The molecule has 146 valence electrons. The van der Waals surface area contributed by atoms with Gasteiger partial charge in [-0.15, -0.1) is 0 Å². The third-order valence-corrected chi connectivity index (χ3v) is 4.36. The maximum absolute atomic E-state index is 12.7. The van der Waals surface area contributed by atoms with Crippen LogP contribution in [0.1, 0.15) is 29.4 Å². The summed E-state index contributed by atoms with van der Waals surface area (Å²) in [7, 11) is 2.63. The normalized spacial score (nSPS) is 12.1. The van der Waals surface area contributed by atoms with E-state index in [0.29, 0.717) is 5.52 Å². The zero-order valence-electron chi connectivity index (χ0n) is 15.4. The van der Waals surface area contributed by atoms with Crippen molar-refractivity contribution in [2.24, 2.45) is 0 Å². The van der Waals surface area contributed by atoms with Gasteiger partial charge in [-0.1, -0.05) is 18.2 Å². The van der Waals surface area contributed by atoms with E-state index < -0.39 is 28.6 Å². The Morgan fingerprint density at radius 1 is 1.21 bits per heavy atom. The molecule has 2 N–H and O–H groups in total. The van der Waals surface area contributed by atoms with Crippen molar-refractivity contribution in [3.05, 3.63) is 74.1 Å². The number of aromatic amines is 1. The van der Waals surface area contributed by atoms with Crippen molar-refractivity contribution in [1.82, 2.24) is 4.98 Å². The summed E-state index contributed by atoms with van der Waals surface area (Å²) in [5, 5.41) is 11.0. The SMILES string of the molecule is COCc1cc(=O)c(O)c([C@H](CC(=O)OC)c2cc3ccccc3[nH]c2=O)o1. The molecule has 0 aliphatic carbocycles. The molecule has 0 saturated heterocycles. The van der Waals surface area contributed by atoms with E-state index in [-0.39, 0.29) is 30.1 Å². The van der Waals surface area contributed by atoms with Crippen LogP contribution >= 0.6 is 0 Å². The lowest BCUT2D eigenvalue weighted by molar-refractivity contribution is -0.140. The Kier molecular flexibility index (Phi) is 5.60. The molecule has 1 atom stereocenters. The number of fused-ring (bicyclic) bond motifs is 1. The van der Waals surface area contributed by atoms with E-state index in [1.165, 1.54) is 14.2 Å². The molecule has 0 aliphatic rings. The van der Waals surface area contributed by atoms with Crippen molar-refractivity contribution >= 4 is 16.9 Å². The van der Waals surface area contributed by atoms with Gasteiger partial charge in [0, 0.05) is 24.3 Å². The minimum atomic E-state index is -1.02. The minimum absolute atomic E-state index is 0.0124. The molecule has 0 spiro atoms. The molecule has 3 aromatic rings. The van der Waals surface area contributed by atoms with Crippen LogP contribution in [0.3, 0.4) is 0 Å². The lowest BCUT2D eigenvalue weighted by atomic mass is 9.92. The van der Waals surface area contributed by atoms with Crippen LogP contribution in [-0.2, 0) is 20.9 Å². The second kappa shape index (κ2) is 8.10. The van der Waals surface area contributed by atoms with E-state index in [1.807, 2.05) is 0 Å². The summed E-state index contributed by atoms with van der Waals surface area (Å²) >= 11 is 0. The fourth-order valence-electron chi connectivity index (χ4n) is 3.02. The van der Waals surface area contributed by atoms with E-state index in [0.717, 1.165) is 11.5 Å². The van der Waals surface area contributed by atoms with Gasteiger partial charge < -0.3 is 24.0 Å². The largest absolute Gasteiger partial charge is 0.502 e. The maximum atomic E-state index is 12.7. The fraction of sp³-hybridized carbons (Fsp3) is 0.250. The summed E-state index contributed by atoms with van der Waals surface area (Å²) < 4.78 is 15.3. The fourth-order valence-corrected chi connectivity index (χ4v) is 3.02. The predicted molar refractivity (Wildman–Crippen MR) is 100 cm³/mol. The highest BCUT2D eigenvalue weighted by Crippen LogP contribution is 2.32. The third kappa shape index (κ3) is 3.81. The summed E-state index contributed by atoms with van der Waals surface area (Å²) in [6.07, 6.45) is -0.301. The Labute approximate surface area is 159 Å². The molecule has 0 bridgehead atoms. The average Bonchev–Trinajstić information content (AvgIpc) is 2.68. The second-order valence-electron chi connectivity index (χ2n) is 6.20. The number of benzene rings is 1. The van der Waals surface area contributed by atoms with Crippen LogP contribution < -0.4 is 11.0 Å². The van der Waals surface area contributed by atoms with Crippen LogP contribution in [-0.4, -0.2) is 30.3 Å². The van der Waals surface area contributed by atoms with Gasteiger partial charge in [-0.2, -0.15) is 0 Å². The number of ether oxygens (including phenoxy) is 2. The number of para-hydroxylation sites is 1. The summed E-state index contributed by atoms with van der Waals surface area (Å²) in [5.41, 5.74) is -0.379. The molecule has 0 fully saturated rings. The molecular weight excluding hydrogens is 366 g/mol. The van der Waals surface area contributed by atoms with E-state index in [2.05, 4.69) is 4.98 Å². The smallest absolute Gasteiger partial charge is 0.306 e. The highest BCUT2D eigenvalue weighted by Gasteiger charge is 2.29. The molecule has 0 unspecified atom stereocenters. The number of carbonyl (C=O) groups is 1. The van der Waals surface area contributed by atoms with Crippen LogP contribution in [0.2, 0.25) is 0 Å². The number of H-pyrrole nitrogens is 1. The average molecular weight is 385 g/mol. The topological polar surface area (TPSA) is 119 Å². The second-order valence-corrected chi connectivity index (χ2v) is 6.20. The lowest BCUT2D eigenvalue weighted by Gasteiger charge is -2.17. The van der Waals surface area contributed by atoms with E-state index in [9.17, 15) is 19.5 Å². The molecule has 2 aromatic heterocycles. The molecule has 3 rings (SSSR count). The zero-order valence-corrected chi connectivity index (χ0v) is 15.4. The number of methoxy groups -OCH3 is 2. The summed E-state index contributed by atoms with van der Waals surface area (Å²) in [5.74, 6) is -2.35. The standard InChI is InChI=1S/C20H19NO7/c1-26-10-12-8-16(22)18(24)19(28-12)13(9-17(23)27-2)14-7-11-5-3-4-6-15(11)21-20(14)25/h3-8,13,24H,9-10H2,1-2H3,(H,21,25)/t13-/m1/s1. The third-order valence-electron chi connectivity index (χ3n) is 4.36. The Hall–Kier alpha value is -3.39. The number of hydrogen-bond donors (Lipinski definition) is 2. The molecule has 0 aliphatic heterocycles. The van der Waals surface area contributed by atoms with Crippen LogP contribution in [0.15, 0.2) is 50.4 Å². The number of carbonyl (C=O) groups excluding carboxylic acids is 1. The summed E-state index contributed by atoms with van der Waals surface area (Å²) in [4.78, 5) is 39.6. The van der Waals surface area contributed by atoms with Gasteiger partial charge in [0.1, 0.15) is 12.4 Å². The van der Waals surface area contributed by atoms with Gasteiger partial charge in [0.05, 0.1) is 19.4 Å². The lowest BCUT2D eigenvalue weighted by Crippen LogP contribution is -2.21. The number of pyridine rings is 1. The number of esters is 1. The van der Waals surface area contributed by atoms with Gasteiger partial charge in [0.2, 0.25) is 11.2 Å². The van der Waals surface area contributed by atoms with Crippen molar-refractivity contribution < 1.29 is 23.8 Å². The molecule has 28 heavy (non-hydrogen) atoms. The summed E-state index contributed by atoms with van der Waals surface area (Å²) in [6.45, 7) is -0.0124. The van der Waals surface area contributed by atoms with Gasteiger partial charge in [-0.05, 0) is 17.5 Å². The molecule has 0 radical (unpaired) electrons. The molecule has 2 heterocycles. The van der Waals surface area contributed by atoms with E-state index >= 15 is 0 Å².